The third kappa shape index (κ3) is 5.71. The van der Waals surface area contributed by atoms with Crippen molar-refractivity contribution in [3.63, 3.8) is 0 Å². The Hall–Kier alpha value is -0.570. The SMILES string of the molecule is NC1CCN(C(=O)C2CCCCCCCC2)CC1C1CCCCCCC1. The summed E-state index contributed by atoms with van der Waals surface area (Å²) >= 11 is 0. The molecule has 0 aromatic heterocycles. The fourth-order valence-electron chi connectivity index (χ4n) is 5.75. The molecule has 150 valence electrons. The van der Waals surface area contributed by atoms with E-state index in [0.29, 0.717) is 23.8 Å². The maximum absolute atomic E-state index is 13.3. The average molecular weight is 363 g/mol. The number of amides is 1. The van der Waals surface area contributed by atoms with E-state index in [1.165, 1.54) is 83.5 Å². The molecule has 2 unspecified atom stereocenters. The van der Waals surface area contributed by atoms with Crippen molar-refractivity contribution in [1.82, 2.24) is 4.90 Å². The second-order valence-electron chi connectivity index (χ2n) is 9.40. The van der Waals surface area contributed by atoms with Crippen molar-refractivity contribution in [2.75, 3.05) is 13.1 Å². The van der Waals surface area contributed by atoms with E-state index in [-0.39, 0.29) is 0 Å². The van der Waals surface area contributed by atoms with Gasteiger partial charge < -0.3 is 10.6 Å². The van der Waals surface area contributed by atoms with Gasteiger partial charge in [-0.2, -0.15) is 0 Å². The molecular weight excluding hydrogens is 320 g/mol. The summed E-state index contributed by atoms with van der Waals surface area (Å²) in [5.41, 5.74) is 6.57. The third-order valence-electron chi connectivity index (χ3n) is 7.48. The fourth-order valence-corrected chi connectivity index (χ4v) is 5.75. The van der Waals surface area contributed by atoms with Gasteiger partial charge in [0.05, 0.1) is 0 Å². The number of nitrogens with zero attached hydrogens (tertiary/aromatic N) is 1. The molecule has 26 heavy (non-hydrogen) atoms. The summed E-state index contributed by atoms with van der Waals surface area (Å²) in [5, 5.41) is 0. The van der Waals surface area contributed by atoms with Crippen LogP contribution in [0.15, 0.2) is 0 Å². The number of carbonyl (C=O) groups excluding carboxylic acids is 1. The summed E-state index contributed by atoms with van der Waals surface area (Å²) in [5.74, 6) is 2.05. The van der Waals surface area contributed by atoms with Crippen molar-refractivity contribution < 1.29 is 4.79 Å². The van der Waals surface area contributed by atoms with Gasteiger partial charge in [-0.1, -0.05) is 83.5 Å². The van der Waals surface area contributed by atoms with Crippen molar-refractivity contribution in [1.29, 1.82) is 0 Å². The predicted octanol–water partition coefficient (Wildman–Crippen LogP) is 5.27. The van der Waals surface area contributed by atoms with Crippen molar-refractivity contribution in [3.05, 3.63) is 0 Å². The summed E-state index contributed by atoms with van der Waals surface area (Å²) in [7, 11) is 0. The van der Waals surface area contributed by atoms with E-state index >= 15 is 0 Å². The Balaban J connectivity index is 1.59. The molecule has 2 N–H and O–H groups in total. The molecule has 3 fully saturated rings. The van der Waals surface area contributed by atoms with Crippen molar-refractivity contribution in [2.24, 2.45) is 23.5 Å². The zero-order chi connectivity index (χ0) is 18.2. The topological polar surface area (TPSA) is 46.3 Å². The Morgan fingerprint density at radius 3 is 1.77 bits per heavy atom. The Labute approximate surface area is 161 Å². The molecule has 1 aliphatic heterocycles. The summed E-state index contributed by atoms with van der Waals surface area (Å²) in [6, 6.07) is 0.309. The van der Waals surface area contributed by atoms with Crippen molar-refractivity contribution >= 4 is 5.91 Å². The number of likely N-dealkylation sites (tertiary alicyclic amines) is 1. The van der Waals surface area contributed by atoms with Gasteiger partial charge in [-0.25, -0.2) is 0 Å². The molecule has 3 heteroatoms. The molecule has 0 spiro atoms. The van der Waals surface area contributed by atoms with E-state index < -0.39 is 0 Å². The lowest BCUT2D eigenvalue weighted by molar-refractivity contribution is -0.138. The fraction of sp³-hybridized carbons (Fsp3) is 0.957. The second kappa shape index (κ2) is 10.7. The molecule has 0 bridgehead atoms. The van der Waals surface area contributed by atoms with E-state index in [1.807, 2.05) is 0 Å². The second-order valence-corrected chi connectivity index (χ2v) is 9.40. The van der Waals surface area contributed by atoms with Gasteiger partial charge in [-0.15, -0.1) is 0 Å². The van der Waals surface area contributed by atoms with E-state index in [0.717, 1.165) is 38.3 Å². The lowest BCUT2D eigenvalue weighted by Crippen LogP contribution is -2.53. The summed E-state index contributed by atoms with van der Waals surface area (Å²) in [6.45, 7) is 1.85. The standard InChI is InChI=1S/C23H42N2O/c24-22-16-17-25(18-21(22)19-12-8-6-3-7-9-13-19)23(26)20-14-10-4-1-2-5-11-15-20/h19-22H,1-18,24H2. The summed E-state index contributed by atoms with van der Waals surface area (Å²) in [4.78, 5) is 15.5. The van der Waals surface area contributed by atoms with E-state index in [4.69, 9.17) is 5.73 Å². The average Bonchev–Trinajstić information content (AvgIpc) is 2.76. The lowest BCUT2D eigenvalue weighted by atomic mass is 9.75. The van der Waals surface area contributed by atoms with Gasteiger partial charge in [0, 0.05) is 25.0 Å². The minimum absolute atomic E-state index is 0.292. The Bertz CT molecular complexity index is 406. The van der Waals surface area contributed by atoms with E-state index in [9.17, 15) is 4.79 Å². The van der Waals surface area contributed by atoms with E-state index in [2.05, 4.69) is 4.90 Å². The van der Waals surface area contributed by atoms with Crippen LogP contribution in [0.25, 0.3) is 0 Å². The molecule has 0 aromatic carbocycles. The molecule has 1 saturated heterocycles. The Morgan fingerprint density at radius 1 is 0.692 bits per heavy atom. The van der Waals surface area contributed by atoms with Crippen LogP contribution in [0.4, 0.5) is 0 Å². The summed E-state index contributed by atoms with van der Waals surface area (Å²) in [6.07, 6.45) is 20.7. The first-order valence-corrected chi connectivity index (χ1v) is 11.8. The molecule has 2 aliphatic carbocycles. The van der Waals surface area contributed by atoms with Crippen LogP contribution in [0, 0.1) is 17.8 Å². The summed E-state index contributed by atoms with van der Waals surface area (Å²) < 4.78 is 0. The zero-order valence-electron chi connectivity index (χ0n) is 17.0. The van der Waals surface area contributed by atoms with E-state index in [1.54, 1.807) is 0 Å². The van der Waals surface area contributed by atoms with Crippen LogP contribution in [0.1, 0.15) is 103 Å². The molecular formula is C23H42N2O. The first-order chi connectivity index (χ1) is 12.8. The molecule has 3 rings (SSSR count). The highest BCUT2D eigenvalue weighted by Crippen LogP contribution is 2.34. The molecule has 2 saturated carbocycles. The van der Waals surface area contributed by atoms with Gasteiger partial charge >= 0.3 is 0 Å². The maximum Gasteiger partial charge on any atom is 0.225 e. The van der Waals surface area contributed by atoms with Gasteiger partial charge in [0.25, 0.3) is 0 Å². The number of piperidine rings is 1. The smallest absolute Gasteiger partial charge is 0.225 e. The molecule has 2 atom stereocenters. The highest BCUT2D eigenvalue weighted by atomic mass is 16.2. The van der Waals surface area contributed by atoms with Crippen LogP contribution >= 0.6 is 0 Å². The van der Waals surface area contributed by atoms with Gasteiger partial charge in [0.2, 0.25) is 5.91 Å². The molecule has 1 amide bonds. The Kier molecular flexibility index (Phi) is 8.29. The first-order valence-electron chi connectivity index (χ1n) is 11.8. The van der Waals surface area contributed by atoms with Crippen LogP contribution in [-0.4, -0.2) is 29.9 Å². The Morgan fingerprint density at radius 2 is 1.19 bits per heavy atom. The third-order valence-corrected chi connectivity index (χ3v) is 7.48. The number of nitrogens with two attached hydrogens (primary N) is 1. The molecule has 3 nitrogen and oxygen atoms in total. The minimum Gasteiger partial charge on any atom is -0.342 e. The number of hydrogen-bond acceptors (Lipinski definition) is 2. The van der Waals surface area contributed by atoms with Crippen LogP contribution in [-0.2, 0) is 4.79 Å². The molecule has 1 heterocycles. The zero-order valence-corrected chi connectivity index (χ0v) is 17.0. The van der Waals surface area contributed by atoms with Crippen molar-refractivity contribution in [2.45, 2.75) is 109 Å². The monoisotopic (exact) mass is 362 g/mol. The molecule has 0 aromatic rings. The number of hydrogen-bond donors (Lipinski definition) is 1. The normalized spacial score (nSPS) is 31.3. The minimum atomic E-state index is 0.292. The van der Waals surface area contributed by atoms with Gasteiger partial charge in [-0.3, -0.25) is 4.79 Å². The predicted molar refractivity (Wildman–Crippen MR) is 109 cm³/mol. The number of carbonyl (C=O) groups is 1. The van der Waals surface area contributed by atoms with Crippen LogP contribution in [0.5, 0.6) is 0 Å². The first kappa shape index (κ1) is 20.2. The quantitative estimate of drug-likeness (QED) is 0.727. The molecule has 3 aliphatic rings. The van der Waals surface area contributed by atoms with Crippen molar-refractivity contribution in [3.8, 4) is 0 Å². The molecule has 0 radical (unpaired) electrons. The highest BCUT2D eigenvalue weighted by molar-refractivity contribution is 5.79. The van der Waals surface area contributed by atoms with Gasteiger partial charge in [-0.05, 0) is 31.1 Å². The van der Waals surface area contributed by atoms with Gasteiger partial charge in [0.1, 0.15) is 0 Å². The van der Waals surface area contributed by atoms with Crippen LogP contribution in [0.2, 0.25) is 0 Å². The number of rotatable bonds is 2. The van der Waals surface area contributed by atoms with Gasteiger partial charge in [0.15, 0.2) is 0 Å². The maximum atomic E-state index is 13.3. The highest BCUT2D eigenvalue weighted by Gasteiger charge is 2.36. The van der Waals surface area contributed by atoms with Crippen LogP contribution in [0.3, 0.4) is 0 Å². The largest absolute Gasteiger partial charge is 0.342 e. The lowest BCUT2D eigenvalue weighted by Gasteiger charge is -2.42. The van der Waals surface area contributed by atoms with Crippen LogP contribution < -0.4 is 5.73 Å².